The van der Waals surface area contributed by atoms with Crippen molar-refractivity contribution >= 4 is 73.9 Å². The molecular weight excluding hydrogens is 604 g/mol. The lowest BCUT2D eigenvalue weighted by atomic mass is 10.1. The van der Waals surface area contributed by atoms with Crippen LogP contribution in [0.5, 0.6) is 0 Å². The van der Waals surface area contributed by atoms with Crippen LogP contribution < -0.4 is 9.62 Å². The van der Waals surface area contributed by atoms with Crippen molar-refractivity contribution in [2.75, 3.05) is 10.8 Å². The summed E-state index contributed by atoms with van der Waals surface area (Å²) < 4.78 is 28.5. The quantitative estimate of drug-likeness (QED) is 0.279. The number of hydrogen-bond donors (Lipinski definition) is 1. The van der Waals surface area contributed by atoms with Gasteiger partial charge in [0.25, 0.3) is 10.0 Å². The Labute approximate surface area is 248 Å². The molecule has 7 nitrogen and oxygen atoms in total. The van der Waals surface area contributed by atoms with Gasteiger partial charge in [0.05, 0.1) is 25.7 Å². The fourth-order valence-electron chi connectivity index (χ4n) is 3.73. The van der Waals surface area contributed by atoms with Crippen LogP contribution in [0.3, 0.4) is 0 Å². The third-order valence-electron chi connectivity index (χ3n) is 5.72. The van der Waals surface area contributed by atoms with Crippen LogP contribution in [0.4, 0.5) is 5.69 Å². The van der Waals surface area contributed by atoms with Gasteiger partial charge < -0.3 is 10.2 Å². The third kappa shape index (κ3) is 7.80. The molecule has 0 radical (unpaired) electrons. The molecule has 0 fully saturated rings. The Kier molecular flexibility index (Phi) is 10.5. The lowest BCUT2D eigenvalue weighted by Crippen LogP contribution is -2.52. The number of carbonyl (C=O) groups is 2. The van der Waals surface area contributed by atoms with Crippen LogP contribution in [0.1, 0.15) is 26.3 Å². The number of sulfonamides is 1. The first-order chi connectivity index (χ1) is 18.3. The van der Waals surface area contributed by atoms with Gasteiger partial charge >= 0.3 is 0 Å². The highest BCUT2D eigenvalue weighted by Gasteiger charge is 2.33. The molecule has 1 unspecified atom stereocenters. The maximum Gasteiger partial charge on any atom is 0.264 e. The summed E-state index contributed by atoms with van der Waals surface area (Å²) in [6.45, 7) is 4.47. The van der Waals surface area contributed by atoms with Gasteiger partial charge in [-0.3, -0.25) is 13.9 Å². The Morgan fingerprint density at radius 3 is 2.10 bits per heavy atom. The molecule has 1 atom stereocenters. The maximum atomic E-state index is 13.9. The van der Waals surface area contributed by atoms with Gasteiger partial charge in [-0.15, -0.1) is 0 Å². The summed E-state index contributed by atoms with van der Waals surface area (Å²) in [6.07, 6.45) is 0. The summed E-state index contributed by atoms with van der Waals surface area (Å²) >= 11 is 24.8. The van der Waals surface area contributed by atoms with E-state index in [1.165, 1.54) is 35.2 Å². The van der Waals surface area contributed by atoms with Crippen LogP contribution in [0.15, 0.2) is 71.6 Å². The molecule has 0 aliphatic carbocycles. The Balaban J connectivity index is 2.07. The molecule has 0 aromatic heterocycles. The number of nitrogens with zero attached hydrogens (tertiary/aromatic N) is 2. The number of nitrogens with one attached hydrogen (secondary N) is 1. The second-order valence-electron chi connectivity index (χ2n) is 9.03. The summed E-state index contributed by atoms with van der Waals surface area (Å²) in [5.74, 6) is -1.06. The molecule has 0 saturated heterocycles. The van der Waals surface area contributed by atoms with Gasteiger partial charge in [0.1, 0.15) is 12.6 Å². The minimum absolute atomic E-state index is 0.0233. The predicted octanol–water partition coefficient (Wildman–Crippen LogP) is 6.44. The molecule has 1 N–H and O–H groups in total. The number of halogens is 4. The van der Waals surface area contributed by atoms with Crippen molar-refractivity contribution in [2.24, 2.45) is 0 Å². The largest absolute Gasteiger partial charge is 0.352 e. The summed E-state index contributed by atoms with van der Waals surface area (Å²) in [6, 6.07) is 15.7. The second kappa shape index (κ2) is 13.2. The predicted molar refractivity (Wildman–Crippen MR) is 157 cm³/mol. The zero-order chi connectivity index (χ0) is 28.9. The zero-order valence-electron chi connectivity index (χ0n) is 21.4. The van der Waals surface area contributed by atoms with Crippen molar-refractivity contribution in [1.82, 2.24) is 10.2 Å². The van der Waals surface area contributed by atoms with Crippen molar-refractivity contribution in [2.45, 2.75) is 44.3 Å². The van der Waals surface area contributed by atoms with E-state index in [0.29, 0.717) is 10.6 Å². The molecule has 0 aliphatic rings. The van der Waals surface area contributed by atoms with E-state index in [1.807, 2.05) is 0 Å². The first kappa shape index (κ1) is 31.0. The Hall–Kier alpha value is -2.49. The first-order valence-electron chi connectivity index (χ1n) is 11.9. The molecule has 2 amide bonds. The van der Waals surface area contributed by atoms with Crippen molar-refractivity contribution in [1.29, 1.82) is 0 Å². The second-order valence-corrected chi connectivity index (χ2v) is 12.6. The molecule has 3 aromatic carbocycles. The summed E-state index contributed by atoms with van der Waals surface area (Å²) in [4.78, 5) is 28.1. The van der Waals surface area contributed by atoms with Crippen LogP contribution in [0.25, 0.3) is 0 Å². The van der Waals surface area contributed by atoms with E-state index >= 15 is 0 Å². The lowest BCUT2D eigenvalue weighted by Gasteiger charge is -2.32. The molecule has 208 valence electrons. The lowest BCUT2D eigenvalue weighted by molar-refractivity contribution is -0.139. The normalized spacial score (nSPS) is 12.2. The van der Waals surface area contributed by atoms with Crippen molar-refractivity contribution in [3.8, 4) is 0 Å². The number of hydrogen-bond acceptors (Lipinski definition) is 4. The Morgan fingerprint density at radius 2 is 1.49 bits per heavy atom. The third-order valence-corrected chi connectivity index (χ3v) is 8.79. The van der Waals surface area contributed by atoms with Gasteiger partial charge in [-0.25, -0.2) is 8.42 Å². The molecule has 3 aromatic rings. The number of amides is 2. The van der Waals surface area contributed by atoms with Gasteiger partial charge in [-0.05, 0) is 68.8 Å². The van der Waals surface area contributed by atoms with Crippen molar-refractivity contribution < 1.29 is 18.0 Å². The molecule has 0 spiro atoms. The smallest absolute Gasteiger partial charge is 0.264 e. The van der Waals surface area contributed by atoms with Gasteiger partial charge in [-0.2, -0.15) is 0 Å². The van der Waals surface area contributed by atoms with E-state index in [1.54, 1.807) is 57.2 Å². The molecular formula is C27H27Cl4N3O4S. The highest BCUT2D eigenvalue weighted by atomic mass is 35.5. The number of anilines is 1. The van der Waals surface area contributed by atoms with E-state index in [-0.39, 0.29) is 38.2 Å². The standard InChI is InChI=1S/C27H27Cl4N3O4S/c1-17(2)32-27(36)18(3)33(15-19-9-11-22(29)24(31)13-19)26(35)16-34(25-14-20(28)10-12-23(25)30)39(37,38)21-7-5-4-6-8-21/h4-14,17-18H,15-16H2,1-3H3,(H,32,36). The Morgan fingerprint density at radius 1 is 0.846 bits per heavy atom. The average molecular weight is 631 g/mol. The molecule has 39 heavy (non-hydrogen) atoms. The highest BCUT2D eigenvalue weighted by molar-refractivity contribution is 7.92. The van der Waals surface area contributed by atoms with E-state index in [9.17, 15) is 18.0 Å². The number of carbonyl (C=O) groups excluding carboxylic acids is 2. The minimum atomic E-state index is -4.27. The molecule has 0 bridgehead atoms. The van der Waals surface area contributed by atoms with E-state index in [2.05, 4.69) is 5.32 Å². The van der Waals surface area contributed by atoms with Gasteiger partial charge in [-0.1, -0.05) is 70.7 Å². The molecule has 12 heteroatoms. The maximum absolute atomic E-state index is 13.9. The highest BCUT2D eigenvalue weighted by Crippen LogP contribution is 2.33. The van der Waals surface area contributed by atoms with E-state index in [4.69, 9.17) is 46.4 Å². The van der Waals surface area contributed by atoms with E-state index in [0.717, 1.165) is 4.31 Å². The van der Waals surface area contributed by atoms with Crippen LogP contribution in [0.2, 0.25) is 20.1 Å². The van der Waals surface area contributed by atoms with Crippen molar-refractivity contribution in [3.05, 3.63) is 92.4 Å². The molecule has 0 aliphatic heterocycles. The number of benzene rings is 3. The van der Waals surface area contributed by atoms with Crippen LogP contribution in [0, 0.1) is 0 Å². The number of rotatable bonds is 10. The van der Waals surface area contributed by atoms with Crippen LogP contribution in [-0.2, 0) is 26.2 Å². The molecule has 0 heterocycles. The summed E-state index contributed by atoms with van der Waals surface area (Å²) in [7, 11) is -4.27. The van der Waals surface area contributed by atoms with Crippen LogP contribution >= 0.6 is 46.4 Å². The fourth-order valence-corrected chi connectivity index (χ4v) is 5.94. The van der Waals surface area contributed by atoms with Gasteiger partial charge in [0.2, 0.25) is 11.8 Å². The monoisotopic (exact) mass is 629 g/mol. The van der Waals surface area contributed by atoms with Gasteiger partial charge in [0, 0.05) is 17.6 Å². The topological polar surface area (TPSA) is 86.8 Å². The first-order valence-corrected chi connectivity index (χ1v) is 14.8. The fraction of sp³-hybridized carbons (Fsp3) is 0.259. The summed E-state index contributed by atoms with van der Waals surface area (Å²) in [5, 5.41) is 3.71. The minimum Gasteiger partial charge on any atom is -0.352 e. The zero-order valence-corrected chi connectivity index (χ0v) is 25.2. The van der Waals surface area contributed by atoms with Crippen LogP contribution in [-0.4, -0.2) is 43.8 Å². The van der Waals surface area contributed by atoms with E-state index < -0.39 is 34.4 Å². The Bertz CT molecular complexity index is 1450. The SMILES string of the molecule is CC(C)NC(=O)C(C)N(Cc1ccc(Cl)c(Cl)c1)C(=O)CN(c1cc(Cl)ccc1Cl)S(=O)(=O)c1ccccc1. The molecule has 0 saturated carbocycles. The summed E-state index contributed by atoms with van der Waals surface area (Å²) in [5.41, 5.74) is 0.621. The van der Waals surface area contributed by atoms with Crippen molar-refractivity contribution in [3.63, 3.8) is 0 Å². The molecule has 3 rings (SSSR count). The van der Waals surface area contributed by atoms with Gasteiger partial charge in [0.15, 0.2) is 0 Å². The average Bonchev–Trinajstić information content (AvgIpc) is 2.89.